The maximum Gasteiger partial charge on any atom is 0.130 e. The summed E-state index contributed by atoms with van der Waals surface area (Å²) in [5.41, 5.74) is 14.2. The highest BCUT2D eigenvalue weighted by Gasteiger charge is 2.25. The molecule has 3 heterocycles. The SMILES string of the molecule is CC(C)(C)c1ccc2c(c1)c1cc(C(C)(C)C)ccc1n2-c1ccc(-n2c3ccc(C(C)(C)C)cc3c3cc(C(C)(C)C)ccc32)c2nsnc12. The topological polar surface area (TPSA) is 35.6 Å². The predicted octanol–water partition coefficient (Wildman–Crippen LogP) is 13.1. The van der Waals surface area contributed by atoms with E-state index in [1.165, 1.54) is 77.6 Å². The molecular formula is C46H50N4S. The lowest BCUT2D eigenvalue weighted by Crippen LogP contribution is -2.10. The number of hydrogen-bond acceptors (Lipinski definition) is 3. The highest BCUT2D eigenvalue weighted by molar-refractivity contribution is 7.00. The van der Waals surface area contributed by atoms with Crippen molar-refractivity contribution in [2.24, 2.45) is 0 Å². The Morgan fingerprint density at radius 2 is 0.627 bits per heavy atom. The van der Waals surface area contributed by atoms with Crippen LogP contribution in [-0.4, -0.2) is 17.9 Å². The van der Waals surface area contributed by atoms with E-state index in [0.29, 0.717) is 0 Å². The van der Waals surface area contributed by atoms with E-state index in [1.54, 1.807) is 0 Å². The Labute approximate surface area is 306 Å². The Hall–Kier alpha value is -4.48. The van der Waals surface area contributed by atoms with E-state index in [9.17, 15) is 0 Å². The maximum absolute atomic E-state index is 5.02. The second kappa shape index (κ2) is 11.0. The van der Waals surface area contributed by atoms with E-state index in [1.807, 2.05) is 0 Å². The zero-order valence-corrected chi connectivity index (χ0v) is 33.1. The van der Waals surface area contributed by atoms with Crippen molar-refractivity contribution in [3.63, 3.8) is 0 Å². The first-order chi connectivity index (χ1) is 23.8. The molecule has 0 fully saturated rings. The average Bonchev–Trinajstić information content (AvgIpc) is 3.75. The standard InChI is InChI=1S/C46H50N4S/c1-43(2,3)27-13-17-35-31(23-27)32-24-28(44(4,5)6)14-18-36(32)49(35)39-21-22-40(42-41(39)47-51-48-42)50-37-19-15-29(45(7,8)9)25-33(37)34-26-30(46(10,11)12)16-20-38(34)50/h13-26H,1-12H3. The van der Waals surface area contributed by atoms with Crippen LogP contribution in [0.2, 0.25) is 0 Å². The van der Waals surface area contributed by atoms with Crippen molar-refractivity contribution in [1.82, 2.24) is 17.9 Å². The molecule has 3 aromatic heterocycles. The minimum Gasteiger partial charge on any atom is -0.307 e. The molecule has 0 saturated carbocycles. The lowest BCUT2D eigenvalue weighted by Gasteiger charge is -2.19. The van der Waals surface area contributed by atoms with Crippen LogP contribution in [0.15, 0.2) is 84.9 Å². The lowest BCUT2D eigenvalue weighted by molar-refractivity contribution is 0.590. The van der Waals surface area contributed by atoms with E-state index < -0.39 is 0 Å². The summed E-state index contributed by atoms with van der Waals surface area (Å²) in [5, 5.41) is 5.09. The van der Waals surface area contributed by atoms with Gasteiger partial charge < -0.3 is 9.13 Å². The quantitative estimate of drug-likeness (QED) is 0.181. The van der Waals surface area contributed by atoms with Crippen LogP contribution in [0.3, 0.4) is 0 Å². The molecule has 0 unspecified atom stereocenters. The monoisotopic (exact) mass is 690 g/mol. The fraction of sp³-hybridized carbons (Fsp3) is 0.348. The third-order valence-corrected chi connectivity index (χ3v) is 11.4. The van der Waals surface area contributed by atoms with Crippen molar-refractivity contribution < 1.29 is 0 Å². The molecule has 8 rings (SSSR count). The van der Waals surface area contributed by atoms with Crippen molar-refractivity contribution >= 4 is 66.4 Å². The zero-order valence-electron chi connectivity index (χ0n) is 32.3. The Kier molecular flexibility index (Phi) is 7.27. The molecule has 0 N–H and O–H groups in total. The third kappa shape index (κ3) is 5.39. The molecule has 5 heteroatoms. The van der Waals surface area contributed by atoms with Crippen LogP contribution in [0.25, 0.3) is 66.0 Å². The van der Waals surface area contributed by atoms with E-state index >= 15 is 0 Å². The molecule has 51 heavy (non-hydrogen) atoms. The number of rotatable bonds is 2. The number of nitrogens with zero attached hydrogens (tertiary/aromatic N) is 4. The van der Waals surface area contributed by atoms with Crippen molar-refractivity contribution in [2.75, 3.05) is 0 Å². The summed E-state index contributed by atoms with van der Waals surface area (Å²) < 4.78 is 14.9. The van der Waals surface area contributed by atoms with Gasteiger partial charge in [-0.3, -0.25) is 0 Å². The van der Waals surface area contributed by atoms with E-state index in [-0.39, 0.29) is 21.7 Å². The van der Waals surface area contributed by atoms with Gasteiger partial charge in [0.2, 0.25) is 0 Å². The summed E-state index contributed by atoms with van der Waals surface area (Å²) in [4.78, 5) is 0. The second-order valence-electron chi connectivity index (χ2n) is 18.7. The van der Waals surface area contributed by atoms with Crippen LogP contribution in [0.5, 0.6) is 0 Å². The van der Waals surface area contributed by atoms with Gasteiger partial charge in [0.25, 0.3) is 0 Å². The minimum absolute atomic E-state index is 0.0433. The van der Waals surface area contributed by atoms with Crippen LogP contribution in [0.4, 0.5) is 0 Å². The van der Waals surface area contributed by atoms with Gasteiger partial charge in [-0.15, -0.1) is 0 Å². The molecule has 0 amide bonds. The highest BCUT2D eigenvalue weighted by atomic mass is 32.1. The van der Waals surface area contributed by atoms with Gasteiger partial charge in [0.15, 0.2) is 0 Å². The summed E-state index contributed by atoms with van der Waals surface area (Å²) in [5.74, 6) is 0. The minimum atomic E-state index is 0.0433. The van der Waals surface area contributed by atoms with Crippen LogP contribution in [0.1, 0.15) is 105 Å². The van der Waals surface area contributed by atoms with Crippen LogP contribution in [-0.2, 0) is 21.7 Å². The molecule has 0 bridgehead atoms. The zero-order chi connectivity index (χ0) is 36.4. The summed E-state index contributed by atoms with van der Waals surface area (Å²) in [7, 11) is 0. The Bertz CT molecular complexity index is 2340. The molecule has 5 aromatic carbocycles. The van der Waals surface area contributed by atoms with Crippen LogP contribution in [0, 0.1) is 0 Å². The molecule has 0 aliphatic heterocycles. The van der Waals surface area contributed by atoms with Gasteiger partial charge in [0.05, 0.1) is 45.2 Å². The van der Waals surface area contributed by atoms with Gasteiger partial charge in [0, 0.05) is 21.5 Å². The predicted molar refractivity (Wildman–Crippen MR) is 221 cm³/mol. The number of benzene rings is 5. The Morgan fingerprint density at radius 3 is 0.863 bits per heavy atom. The Morgan fingerprint density at radius 1 is 0.373 bits per heavy atom. The smallest absolute Gasteiger partial charge is 0.130 e. The number of fused-ring (bicyclic) bond motifs is 7. The molecule has 0 saturated heterocycles. The first-order valence-electron chi connectivity index (χ1n) is 18.3. The van der Waals surface area contributed by atoms with Gasteiger partial charge in [0.1, 0.15) is 11.0 Å². The molecule has 0 spiro atoms. The fourth-order valence-corrected chi connectivity index (χ4v) is 8.20. The van der Waals surface area contributed by atoms with Crippen molar-refractivity contribution in [2.45, 2.75) is 105 Å². The van der Waals surface area contributed by atoms with Gasteiger partial charge in [-0.25, -0.2) is 0 Å². The first kappa shape index (κ1) is 33.7. The third-order valence-electron chi connectivity index (χ3n) is 10.8. The Balaban J connectivity index is 1.42. The van der Waals surface area contributed by atoms with E-state index in [2.05, 4.69) is 177 Å². The first-order valence-corrected chi connectivity index (χ1v) is 19.0. The molecule has 0 radical (unpaired) electrons. The molecule has 260 valence electrons. The highest BCUT2D eigenvalue weighted by Crippen LogP contribution is 2.42. The molecule has 8 aromatic rings. The largest absolute Gasteiger partial charge is 0.307 e. The summed E-state index contributed by atoms with van der Waals surface area (Å²) in [6.45, 7) is 27.5. The van der Waals surface area contributed by atoms with Gasteiger partial charge in [-0.2, -0.15) is 8.75 Å². The van der Waals surface area contributed by atoms with Crippen molar-refractivity contribution in [3.05, 3.63) is 107 Å². The molecule has 0 aliphatic rings. The summed E-state index contributed by atoms with van der Waals surface area (Å²) in [6, 6.07) is 32.5. The van der Waals surface area contributed by atoms with Crippen LogP contribution >= 0.6 is 11.7 Å². The lowest BCUT2D eigenvalue weighted by atomic mass is 9.85. The normalized spacial score (nSPS) is 13.5. The average molecular weight is 691 g/mol. The van der Waals surface area contributed by atoms with Gasteiger partial charge in [-0.1, -0.05) is 107 Å². The van der Waals surface area contributed by atoms with Gasteiger partial charge in [-0.05, 0) is 105 Å². The fourth-order valence-electron chi connectivity index (χ4n) is 7.63. The maximum atomic E-state index is 5.02. The molecule has 4 nitrogen and oxygen atoms in total. The van der Waals surface area contributed by atoms with Gasteiger partial charge >= 0.3 is 0 Å². The molecule has 0 aliphatic carbocycles. The molecular weight excluding hydrogens is 641 g/mol. The van der Waals surface area contributed by atoms with Crippen molar-refractivity contribution in [1.29, 1.82) is 0 Å². The number of hydrogen-bond donors (Lipinski definition) is 0. The van der Waals surface area contributed by atoms with Crippen LogP contribution < -0.4 is 0 Å². The summed E-state index contributed by atoms with van der Waals surface area (Å²) in [6.07, 6.45) is 0. The molecule has 0 atom stereocenters. The second-order valence-corrected chi connectivity index (χ2v) is 19.2. The van der Waals surface area contributed by atoms with E-state index in [4.69, 9.17) is 8.75 Å². The summed E-state index contributed by atoms with van der Waals surface area (Å²) >= 11 is 1.29. The van der Waals surface area contributed by atoms with E-state index in [0.717, 1.165) is 22.4 Å². The number of aromatic nitrogens is 4. The van der Waals surface area contributed by atoms with Crippen molar-refractivity contribution in [3.8, 4) is 11.4 Å².